The van der Waals surface area contributed by atoms with Gasteiger partial charge in [0, 0.05) is 6.54 Å². The van der Waals surface area contributed by atoms with Crippen molar-refractivity contribution in [2.75, 3.05) is 13.1 Å². The van der Waals surface area contributed by atoms with Gasteiger partial charge in [0.2, 0.25) is 5.91 Å². The van der Waals surface area contributed by atoms with Crippen LogP contribution in [-0.4, -0.2) is 24.5 Å². The highest BCUT2D eigenvalue weighted by molar-refractivity contribution is 5.86. The third kappa shape index (κ3) is 1.71. The molecule has 0 aromatic rings. The standard InChI is InChI=1S/C8H16N2O/c1-3-9-7(11)8(2)5-4-6-10-8/h10H,3-6H2,1-2H3,(H,9,11). The molecule has 1 saturated heterocycles. The van der Waals surface area contributed by atoms with E-state index < -0.39 is 0 Å². The maximum atomic E-state index is 11.4. The summed E-state index contributed by atoms with van der Waals surface area (Å²) in [5, 5.41) is 6.03. The molecular weight excluding hydrogens is 140 g/mol. The number of carbonyl (C=O) groups is 1. The maximum absolute atomic E-state index is 11.4. The molecule has 0 aromatic heterocycles. The van der Waals surface area contributed by atoms with Crippen molar-refractivity contribution in [3.05, 3.63) is 0 Å². The number of hydrogen-bond donors (Lipinski definition) is 2. The number of amides is 1. The van der Waals surface area contributed by atoms with Crippen molar-refractivity contribution in [1.82, 2.24) is 10.6 Å². The van der Waals surface area contributed by atoms with Crippen molar-refractivity contribution >= 4 is 5.91 Å². The normalized spacial score (nSPS) is 30.4. The fraction of sp³-hybridized carbons (Fsp3) is 0.875. The van der Waals surface area contributed by atoms with Crippen LogP contribution in [0.2, 0.25) is 0 Å². The molecule has 0 bridgehead atoms. The largest absolute Gasteiger partial charge is 0.355 e. The van der Waals surface area contributed by atoms with Gasteiger partial charge in [-0.05, 0) is 33.2 Å². The first-order valence-electron chi connectivity index (χ1n) is 4.22. The monoisotopic (exact) mass is 156 g/mol. The molecule has 0 radical (unpaired) electrons. The Balaban J connectivity index is 2.49. The van der Waals surface area contributed by atoms with E-state index >= 15 is 0 Å². The number of rotatable bonds is 2. The van der Waals surface area contributed by atoms with Crippen LogP contribution in [-0.2, 0) is 4.79 Å². The lowest BCUT2D eigenvalue weighted by Crippen LogP contribution is -2.51. The molecule has 11 heavy (non-hydrogen) atoms. The van der Waals surface area contributed by atoms with Crippen LogP contribution in [0.1, 0.15) is 26.7 Å². The van der Waals surface area contributed by atoms with Crippen molar-refractivity contribution in [2.24, 2.45) is 0 Å². The first kappa shape index (κ1) is 8.53. The Bertz CT molecular complexity index is 150. The molecule has 1 amide bonds. The van der Waals surface area contributed by atoms with Crippen LogP contribution >= 0.6 is 0 Å². The van der Waals surface area contributed by atoms with Gasteiger partial charge in [0.05, 0.1) is 5.54 Å². The first-order valence-corrected chi connectivity index (χ1v) is 4.22. The summed E-state index contributed by atoms with van der Waals surface area (Å²) in [6.45, 7) is 5.59. The number of carbonyl (C=O) groups excluding carboxylic acids is 1. The minimum atomic E-state index is -0.296. The SMILES string of the molecule is CCNC(=O)C1(C)CCCN1. The van der Waals surface area contributed by atoms with Gasteiger partial charge in [-0.25, -0.2) is 0 Å². The minimum Gasteiger partial charge on any atom is -0.355 e. The summed E-state index contributed by atoms with van der Waals surface area (Å²) in [6, 6.07) is 0. The predicted molar refractivity (Wildman–Crippen MR) is 44.3 cm³/mol. The maximum Gasteiger partial charge on any atom is 0.240 e. The van der Waals surface area contributed by atoms with Crippen LogP contribution in [0.3, 0.4) is 0 Å². The molecule has 1 atom stereocenters. The van der Waals surface area contributed by atoms with Crippen LogP contribution in [0.25, 0.3) is 0 Å². The fourth-order valence-electron chi connectivity index (χ4n) is 1.44. The van der Waals surface area contributed by atoms with Gasteiger partial charge in [-0.3, -0.25) is 4.79 Å². The summed E-state index contributed by atoms with van der Waals surface area (Å²) >= 11 is 0. The third-order valence-corrected chi connectivity index (χ3v) is 2.21. The smallest absolute Gasteiger partial charge is 0.240 e. The van der Waals surface area contributed by atoms with Crippen molar-refractivity contribution in [2.45, 2.75) is 32.2 Å². The zero-order valence-electron chi connectivity index (χ0n) is 7.24. The van der Waals surface area contributed by atoms with Gasteiger partial charge in [-0.2, -0.15) is 0 Å². The number of likely N-dealkylation sites (N-methyl/N-ethyl adjacent to an activating group) is 1. The van der Waals surface area contributed by atoms with E-state index in [9.17, 15) is 4.79 Å². The molecule has 64 valence electrons. The summed E-state index contributed by atoms with van der Waals surface area (Å²) < 4.78 is 0. The van der Waals surface area contributed by atoms with Gasteiger partial charge in [0.1, 0.15) is 0 Å². The highest BCUT2D eigenvalue weighted by Crippen LogP contribution is 2.17. The lowest BCUT2D eigenvalue weighted by molar-refractivity contribution is -0.126. The van der Waals surface area contributed by atoms with Crippen molar-refractivity contribution in [3.8, 4) is 0 Å². The van der Waals surface area contributed by atoms with E-state index in [0.29, 0.717) is 0 Å². The van der Waals surface area contributed by atoms with Gasteiger partial charge in [0.25, 0.3) is 0 Å². The Kier molecular flexibility index (Phi) is 2.49. The van der Waals surface area contributed by atoms with E-state index in [4.69, 9.17) is 0 Å². The number of nitrogens with one attached hydrogen (secondary N) is 2. The Morgan fingerprint density at radius 2 is 2.45 bits per heavy atom. The van der Waals surface area contributed by atoms with Crippen LogP contribution in [0, 0.1) is 0 Å². The van der Waals surface area contributed by atoms with E-state index in [0.717, 1.165) is 25.9 Å². The summed E-state index contributed by atoms with van der Waals surface area (Å²) in [6.07, 6.45) is 2.06. The second-order valence-electron chi connectivity index (χ2n) is 3.22. The molecule has 1 fully saturated rings. The summed E-state index contributed by atoms with van der Waals surface area (Å²) in [5.74, 6) is 0.137. The lowest BCUT2D eigenvalue weighted by Gasteiger charge is -2.22. The van der Waals surface area contributed by atoms with Crippen molar-refractivity contribution < 1.29 is 4.79 Å². The molecule has 1 rings (SSSR count). The predicted octanol–water partition coefficient (Wildman–Crippen LogP) is 0.265. The molecule has 1 heterocycles. The Labute approximate surface area is 67.5 Å². The molecule has 0 aliphatic carbocycles. The van der Waals surface area contributed by atoms with E-state index in [1.165, 1.54) is 0 Å². The molecule has 1 aliphatic heterocycles. The van der Waals surface area contributed by atoms with Crippen LogP contribution in [0.5, 0.6) is 0 Å². The van der Waals surface area contributed by atoms with Crippen LogP contribution in [0.15, 0.2) is 0 Å². The Morgan fingerprint density at radius 1 is 1.73 bits per heavy atom. The molecule has 1 unspecified atom stereocenters. The molecule has 1 aliphatic rings. The average Bonchev–Trinajstić information content (AvgIpc) is 2.38. The molecule has 3 nitrogen and oxygen atoms in total. The average molecular weight is 156 g/mol. The molecule has 0 aromatic carbocycles. The zero-order valence-corrected chi connectivity index (χ0v) is 7.24. The van der Waals surface area contributed by atoms with Gasteiger partial charge in [0.15, 0.2) is 0 Å². The van der Waals surface area contributed by atoms with Gasteiger partial charge < -0.3 is 10.6 Å². The van der Waals surface area contributed by atoms with Crippen molar-refractivity contribution in [1.29, 1.82) is 0 Å². The quantitative estimate of drug-likeness (QED) is 0.602. The molecule has 0 spiro atoms. The zero-order chi connectivity index (χ0) is 8.32. The molecular formula is C8H16N2O. The van der Waals surface area contributed by atoms with E-state index in [-0.39, 0.29) is 11.4 Å². The second kappa shape index (κ2) is 3.22. The highest BCUT2D eigenvalue weighted by atomic mass is 16.2. The van der Waals surface area contributed by atoms with E-state index in [2.05, 4.69) is 10.6 Å². The summed E-state index contributed by atoms with van der Waals surface area (Å²) in [4.78, 5) is 11.4. The minimum absolute atomic E-state index is 0.137. The van der Waals surface area contributed by atoms with Gasteiger partial charge in [-0.1, -0.05) is 0 Å². The van der Waals surface area contributed by atoms with Gasteiger partial charge in [-0.15, -0.1) is 0 Å². The van der Waals surface area contributed by atoms with Gasteiger partial charge >= 0.3 is 0 Å². The van der Waals surface area contributed by atoms with Crippen molar-refractivity contribution in [3.63, 3.8) is 0 Å². The summed E-state index contributed by atoms with van der Waals surface area (Å²) in [5.41, 5.74) is -0.296. The topological polar surface area (TPSA) is 41.1 Å². The molecule has 3 heteroatoms. The third-order valence-electron chi connectivity index (χ3n) is 2.21. The van der Waals surface area contributed by atoms with Crippen LogP contribution in [0.4, 0.5) is 0 Å². The summed E-state index contributed by atoms with van der Waals surface area (Å²) in [7, 11) is 0. The van der Waals surface area contributed by atoms with Crippen LogP contribution < -0.4 is 10.6 Å². The fourth-order valence-corrected chi connectivity index (χ4v) is 1.44. The Hall–Kier alpha value is -0.570. The molecule has 2 N–H and O–H groups in total. The van der Waals surface area contributed by atoms with E-state index in [1.54, 1.807) is 0 Å². The molecule has 0 saturated carbocycles. The second-order valence-corrected chi connectivity index (χ2v) is 3.22. The lowest BCUT2D eigenvalue weighted by atomic mass is 9.99. The highest BCUT2D eigenvalue weighted by Gasteiger charge is 2.35. The van der Waals surface area contributed by atoms with E-state index in [1.807, 2.05) is 13.8 Å². The number of hydrogen-bond acceptors (Lipinski definition) is 2. The Morgan fingerprint density at radius 3 is 2.91 bits per heavy atom. The first-order chi connectivity index (χ1) is 5.19.